The maximum absolute atomic E-state index is 12.6. The van der Waals surface area contributed by atoms with Gasteiger partial charge in [-0.2, -0.15) is 0 Å². The quantitative estimate of drug-likeness (QED) is 0.877. The van der Waals surface area contributed by atoms with Crippen molar-refractivity contribution in [1.29, 1.82) is 0 Å². The summed E-state index contributed by atoms with van der Waals surface area (Å²) in [5, 5.41) is 9.98. The Morgan fingerprint density at radius 3 is 2.32 bits per heavy atom. The third-order valence-electron chi connectivity index (χ3n) is 4.24. The van der Waals surface area contributed by atoms with E-state index in [9.17, 15) is 14.7 Å². The summed E-state index contributed by atoms with van der Waals surface area (Å²) in [6.45, 7) is 7.06. The van der Waals surface area contributed by atoms with E-state index < -0.39 is 0 Å². The Balaban J connectivity index is 2.16. The Morgan fingerprint density at radius 1 is 1.23 bits per heavy atom. The van der Waals surface area contributed by atoms with Crippen LogP contribution < -0.4 is 5.73 Å². The van der Waals surface area contributed by atoms with Gasteiger partial charge in [0.2, 0.25) is 5.91 Å². The highest BCUT2D eigenvalue weighted by Gasteiger charge is 2.27. The molecular weight excluding hydrogens is 280 g/mol. The maximum Gasteiger partial charge on any atom is 0.253 e. The highest BCUT2D eigenvalue weighted by molar-refractivity contribution is 5.95. The van der Waals surface area contributed by atoms with Gasteiger partial charge < -0.3 is 15.7 Å². The molecular formula is C17H24N2O3. The van der Waals surface area contributed by atoms with Gasteiger partial charge in [-0.1, -0.05) is 20.8 Å². The van der Waals surface area contributed by atoms with E-state index in [1.54, 1.807) is 23.1 Å². The molecule has 120 valence electrons. The molecule has 0 bridgehead atoms. The van der Waals surface area contributed by atoms with Crippen LogP contribution in [0.25, 0.3) is 0 Å². The van der Waals surface area contributed by atoms with E-state index in [1.807, 2.05) is 20.8 Å². The molecule has 0 spiro atoms. The SMILES string of the molecule is CC(C)(C)c1cc(C(=O)N2CCC(C(N)=O)CC2)ccc1O. The summed E-state index contributed by atoms with van der Waals surface area (Å²) in [6.07, 6.45) is 1.23. The van der Waals surface area contributed by atoms with E-state index in [2.05, 4.69) is 0 Å². The largest absolute Gasteiger partial charge is 0.508 e. The van der Waals surface area contributed by atoms with Crippen LogP contribution >= 0.6 is 0 Å². The fourth-order valence-electron chi connectivity index (χ4n) is 2.82. The zero-order valence-electron chi connectivity index (χ0n) is 13.4. The summed E-state index contributed by atoms with van der Waals surface area (Å²) in [5.41, 5.74) is 6.40. The fraction of sp³-hybridized carbons (Fsp3) is 0.529. The van der Waals surface area contributed by atoms with Crippen molar-refractivity contribution < 1.29 is 14.7 Å². The number of piperidine rings is 1. The molecule has 2 amide bonds. The molecule has 1 heterocycles. The number of likely N-dealkylation sites (tertiary alicyclic amines) is 1. The van der Waals surface area contributed by atoms with Gasteiger partial charge in [0.1, 0.15) is 5.75 Å². The number of amides is 2. The average molecular weight is 304 g/mol. The van der Waals surface area contributed by atoms with Crippen molar-refractivity contribution in [2.24, 2.45) is 11.7 Å². The van der Waals surface area contributed by atoms with E-state index in [1.165, 1.54) is 0 Å². The van der Waals surface area contributed by atoms with Gasteiger partial charge in [0, 0.05) is 30.1 Å². The van der Waals surface area contributed by atoms with Gasteiger partial charge in [-0.3, -0.25) is 9.59 Å². The second-order valence-electron chi connectivity index (χ2n) is 6.95. The lowest BCUT2D eigenvalue weighted by Crippen LogP contribution is -2.41. The average Bonchev–Trinajstić information content (AvgIpc) is 2.46. The molecule has 5 heteroatoms. The van der Waals surface area contributed by atoms with Crippen molar-refractivity contribution in [2.45, 2.75) is 39.0 Å². The second-order valence-corrected chi connectivity index (χ2v) is 6.95. The van der Waals surface area contributed by atoms with E-state index >= 15 is 0 Å². The van der Waals surface area contributed by atoms with Crippen LogP contribution in [0, 0.1) is 5.92 Å². The van der Waals surface area contributed by atoms with Crippen LogP contribution in [0.3, 0.4) is 0 Å². The smallest absolute Gasteiger partial charge is 0.253 e. The number of nitrogens with two attached hydrogens (primary N) is 1. The van der Waals surface area contributed by atoms with Gasteiger partial charge in [0.15, 0.2) is 0 Å². The van der Waals surface area contributed by atoms with Crippen molar-refractivity contribution in [3.05, 3.63) is 29.3 Å². The summed E-state index contributed by atoms with van der Waals surface area (Å²) in [6, 6.07) is 4.98. The third-order valence-corrected chi connectivity index (χ3v) is 4.24. The van der Waals surface area contributed by atoms with Gasteiger partial charge in [0.25, 0.3) is 5.91 Å². The maximum atomic E-state index is 12.6. The van der Waals surface area contributed by atoms with Crippen molar-refractivity contribution in [1.82, 2.24) is 4.90 Å². The van der Waals surface area contributed by atoms with Crippen LogP contribution in [0.15, 0.2) is 18.2 Å². The molecule has 1 aromatic rings. The highest BCUT2D eigenvalue weighted by Crippen LogP contribution is 2.31. The van der Waals surface area contributed by atoms with Gasteiger partial charge in [-0.05, 0) is 36.5 Å². The molecule has 0 aliphatic carbocycles. The third kappa shape index (κ3) is 3.40. The summed E-state index contributed by atoms with van der Waals surface area (Å²) in [5.74, 6) is -0.273. The molecule has 1 fully saturated rings. The zero-order chi connectivity index (χ0) is 16.5. The molecule has 22 heavy (non-hydrogen) atoms. The lowest BCUT2D eigenvalue weighted by molar-refractivity contribution is -0.123. The summed E-state index contributed by atoms with van der Waals surface area (Å²) in [4.78, 5) is 25.5. The zero-order valence-corrected chi connectivity index (χ0v) is 13.4. The first kappa shape index (κ1) is 16.3. The van der Waals surface area contributed by atoms with Crippen LogP contribution in [-0.2, 0) is 10.2 Å². The number of hydrogen-bond acceptors (Lipinski definition) is 3. The number of phenolic OH excluding ortho intramolecular Hbond substituents is 1. The number of carbonyl (C=O) groups is 2. The number of primary amides is 1. The molecule has 1 saturated heterocycles. The minimum atomic E-state index is -0.285. The molecule has 0 unspecified atom stereocenters. The van der Waals surface area contributed by atoms with Crippen LogP contribution in [0.1, 0.15) is 49.5 Å². The molecule has 1 aromatic carbocycles. The Labute approximate surface area is 131 Å². The van der Waals surface area contributed by atoms with Gasteiger partial charge >= 0.3 is 0 Å². The second kappa shape index (κ2) is 5.99. The highest BCUT2D eigenvalue weighted by atomic mass is 16.3. The Morgan fingerprint density at radius 2 is 1.82 bits per heavy atom. The number of hydrogen-bond donors (Lipinski definition) is 2. The molecule has 0 aromatic heterocycles. The summed E-state index contributed by atoms with van der Waals surface area (Å²) >= 11 is 0. The molecule has 5 nitrogen and oxygen atoms in total. The summed E-state index contributed by atoms with van der Waals surface area (Å²) in [7, 11) is 0. The molecule has 0 saturated carbocycles. The predicted octanol–water partition coefficient (Wildman–Crippen LogP) is 2.03. The van der Waals surface area contributed by atoms with Crippen LogP contribution in [0.5, 0.6) is 5.75 Å². The Kier molecular flexibility index (Phi) is 4.44. The first-order chi connectivity index (χ1) is 10.2. The predicted molar refractivity (Wildman–Crippen MR) is 84.6 cm³/mol. The Hall–Kier alpha value is -2.04. The molecule has 1 aliphatic rings. The molecule has 2 rings (SSSR count). The standard InChI is InChI=1S/C17H24N2O3/c1-17(2,3)13-10-12(4-5-14(13)20)16(22)19-8-6-11(7-9-19)15(18)21/h4-5,10-11,20H,6-9H2,1-3H3,(H2,18,21). The first-order valence-electron chi connectivity index (χ1n) is 7.62. The number of rotatable bonds is 2. The number of benzene rings is 1. The fourth-order valence-corrected chi connectivity index (χ4v) is 2.82. The normalized spacial score (nSPS) is 16.6. The van der Waals surface area contributed by atoms with E-state index in [0.29, 0.717) is 31.5 Å². The van der Waals surface area contributed by atoms with Crippen LogP contribution in [0.2, 0.25) is 0 Å². The van der Waals surface area contributed by atoms with Gasteiger partial charge in [-0.15, -0.1) is 0 Å². The van der Waals surface area contributed by atoms with Gasteiger partial charge in [0.05, 0.1) is 0 Å². The minimum absolute atomic E-state index is 0.0616. The van der Waals surface area contributed by atoms with Crippen molar-refractivity contribution in [2.75, 3.05) is 13.1 Å². The first-order valence-corrected chi connectivity index (χ1v) is 7.62. The monoisotopic (exact) mass is 304 g/mol. The number of aromatic hydroxyl groups is 1. The van der Waals surface area contributed by atoms with E-state index in [-0.39, 0.29) is 28.9 Å². The molecule has 0 radical (unpaired) electrons. The minimum Gasteiger partial charge on any atom is -0.508 e. The molecule has 1 aliphatic heterocycles. The number of carbonyl (C=O) groups excluding carboxylic acids is 2. The molecule has 3 N–H and O–H groups in total. The topological polar surface area (TPSA) is 83.6 Å². The van der Waals surface area contributed by atoms with Gasteiger partial charge in [-0.25, -0.2) is 0 Å². The lowest BCUT2D eigenvalue weighted by atomic mass is 9.85. The van der Waals surface area contributed by atoms with Crippen molar-refractivity contribution in [3.8, 4) is 5.75 Å². The lowest BCUT2D eigenvalue weighted by Gasteiger charge is -2.31. The number of phenols is 1. The summed E-state index contributed by atoms with van der Waals surface area (Å²) < 4.78 is 0. The van der Waals surface area contributed by atoms with E-state index in [0.717, 1.165) is 5.56 Å². The van der Waals surface area contributed by atoms with E-state index in [4.69, 9.17) is 5.73 Å². The van der Waals surface area contributed by atoms with Crippen molar-refractivity contribution >= 4 is 11.8 Å². The van der Waals surface area contributed by atoms with Crippen molar-refractivity contribution in [3.63, 3.8) is 0 Å². The van der Waals surface area contributed by atoms with Crippen LogP contribution in [0.4, 0.5) is 0 Å². The number of nitrogens with zero attached hydrogens (tertiary/aromatic N) is 1. The Bertz CT molecular complexity index is 582. The molecule has 0 atom stereocenters. The van der Waals surface area contributed by atoms with Crippen LogP contribution in [-0.4, -0.2) is 34.9 Å².